The summed E-state index contributed by atoms with van der Waals surface area (Å²) in [5.74, 6) is -6.31. The molecule has 36 heavy (non-hydrogen) atoms. The van der Waals surface area contributed by atoms with Gasteiger partial charge >= 0.3 is 0 Å². The molecule has 4 aliphatic rings. The number of aliphatic hydroxyl groups is 3. The number of morpholine rings is 1. The van der Waals surface area contributed by atoms with Crippen LogP contribution in [0.25, 0.3) is 5.76 Å². The second kappa shape index (κ2) is 8.43. The summed E-state index contributed by atoms with van der Waals surface area (Å²) in [6.45, 7) is 5.27. The summed E-state index contributed by atoms with van der Waals surface area (Å²) in [4.78, 5) is 41.4. The van der Waals surface area contributed by atoms with Crippen LogP contribution in [0.3, 0.4) is 0 Å². The number of hydrogen-bond donors (Lipinski definition) is 5. The number of Topliss-reactive ketones (excluding diaryl/α,β-unsaturated/α-hetero) is 2. The molecule has 1 aromatic carbocycles. The van der Waals surface area contributed by atoms with Crippen molar-refractivity contribution in [2.24, 2.45) is 17.6 Å². The van der Waals surface area contributed by atoms with Crippen LogP contribution in [0.1, 0.15) is 42.9 Å². The number of nitrogens with zero attached hydrogens (tertiary/aromatic N) is 1. The number of hydrogen-bond acceptors (Lipinski definition) is 9. The lowest BCUT2D eigenvalue weighted by atomic mass is 9.57. The summed E-state index contributed by atoms with van der Waals surface area (Å²) < 4.78 is 5.39. The fourth-order valence-corrected chi connectivity index (χ4v) is 6.49. The van der Waals surface area contributed by atoms with Gasteiger partial charge in [-0.05, 0) is 41.9 Å². The summed E-state index contributed by atoms with van der Waals surface area (Å²) in [5, 5.41) is 44.6. The number of nitrogens with two attached hydrogens (primary N) is 1. The van der Waals surface area contributed by atoms with E-state index in [0.717, 1.165) is 5.56 Å². The molecule has 0 aromatic heterocycles. The van der Waals surface area contributed by atoms with Crippen LogP contribution in [0.15, 0.2) is 29.0 Å². The topological polar surface area (TPSA) is 171 Å². The molecular formula is C26H30N2O8. The van der Waals surface area contributed by atoms with Gasteiger partial charge in [-0.15, -0.1) is 0 Å². The number of ketones is 2. The molecule has 1 heterocycles. The zero-order valence-corrected chi connectivity index (χ0v) is 20.2. The predicted molar refractivity (Wildman–Crippen MR) is 127 cm³/mol. The second-order valence-corrected chi connectivity index (χ2v) is 10.3. The lowest BCUT2D eigenvalue weighted by Gasteiger charge is -2.51. The van der Waals surface area contributed by atoms with Gasteiger partial charge in [0, 0.05) is 24.6 Å². The molecule has 10 heteroatoms. The number of benzene rings is 1. The van der Waals surface area contributed by atoms with Gasteiger partial charge < -0.3 is 30.9 Å². The molecule has 5 rings (SSSR count). The highest BCUT2D eigenvalue weighted by molar-refractivity contribution is 6.24. The van der Waals surface area contributed by atoms with Crippen LogP contribution in [0, 0.1) is 11.8 Å². The molecule has 0 bridgehead atoms. The highest BCUT2D eigenvalue weighted by Crippen LogP contribution is 2.53. The Labute approximate surface area is 207 Å². The summed E-state index contributed by atoms with van der Waals surface area (Å²) in [7, 11) is 0. The number of phenols is 1. The molecule has 4 atom stereocenters. The fraction of sp³-hybridized carbons (Fsp3) is 0.500. The largest absolute Gasteiger partial charge is 0.508 e. The number of aromatic hydroxyl groups is 1. The third-order valence-corrected chi connectivity index (χ3v) is 8.15. The van der Waals surface area contributed by atoms with Gasteiger partial charge in [-0.1, -0.05) is 19.9 Å². The quantitative estimate of drug-likeness (QED) is 0.379. The van der Waals surface area contributed by atoms with Gasteiger partial charge in [-0.3, -0.25) is 19.3 Å². The highest BCUT2D eigenvalue weighted by atomic mass is 16.5. The van der Waals surface area contributed by atoms with E-state index >= 15 is 0 Å². The first kappa shape index (κ1) is 24.5. The molecule has 2 fully saturated rings. The monoisotopic (exact) mass is 498 g/mol. The molecule has 1 aromatic rings. The average Bonchev–Trinajstić information content (AvgIpc) is 2.82. The third kappa shape index (κ3) is 3.24. The molecule has 1 aliphatic heterocycles. The highest BCUT2D eigenvalue weighted by Gasteiger charge is 2.64. The first-order valence-corrected chi connectivity index (χ1v) is 12.1. The standard InChI is InChI=1S/C26H30N2O8/c1-11(2)13-3-4-16(29)18-14(13)9-12-10-15-20(28-5-7-36-8-6-28)22(31)19(25(27)34)24(33)26(15,35)23(32)17(12)21(18)30/h3-4,11-12,15,20,29-30,33,35H,5-10H2,1-2H3,(H2,27,34)/t12-,15-,20+,26-/m0/s1. The van der Waals surface area contributed by atoms with Gasteiger partial charge in [0.05, 0.1) is 24.8 Å². The second-order valence-electron chi connectivity index (χ2n) is 10.3. The van der Waals surface area contributed by atoms with Crippen molar-refractivity contribution in [3.8, 4) is 5.75 Å². The number of ether oxygens (including phenoxy) is 1. The minimum absolute atomic E-state index is 0.0763. The van der Waals surface area contributed by atoms with Gasteiger partial charge in [-0.25, -0.2) is 0 Å². The van der Waals surface area contributed by atoms with E-state index in [0.29, 0.717) is 38.3 Å². The molecule has 0 spiro atoms. The summed E-state index contributed by atoms with van der Waals surface area (Å²) in [5.41, 5.74) is 3.57. The summed E-state index contributed by atoms with van der Waals surface area (Å²) in [6, 6.07) is 2.15. The molecule has 1 amide bonds. The maximum absolute atomic E-state index is 13.9. The zero-order valence-electron chi connectivity index (χ0n) is 20.2. The lowest BCUT2D eigenvalue weighted by Crippen LogP contribution is -2.67. The molecular weight excluding hydrogens is 468 g/mol. The van der Waals surface area contributed by atoms with E-state index in [1.54, 1.807) is 11.0 Å². The average molecular weight is 499 g/mol. The summed E-state index contributed by atoms with van der Waals surface area (Å²) >= 11 is 0. The number of amides is 1. The minimum atomic E-state index is -2.64. The van der Waals surface area contributed by atoms with Crippen molar-refractivity contribution >= 4 is 23.2 Å². The molecule has 1 saturated heterocycles. The van der Waals surface area contributed by atoms with Crippen LogP contribution >= 0.6 is 0 Å². The van der Waals surface area contributed by atoms with Crippen molar-refractivity contribution in [2.75, 3.05) is 26.3 Å². The van der Waals surface area contributed by atoms with Gasteiger partial charge in [0.15, 0.2) is 11.4 Å². The number of aliphatic hydroxyl groups excluding tert-OH is 2. The molecule has 0 unspecified atom stereocenters. The van der Waals surface area contributed by atoms with Crippen LogP contribution in [0.5, 0.6) is 5.75 Å². The molecule has 3 aliphatic carbocycles. The van der Waals surface area contributed by atoms with Gasteiger partial charge in [-0.2, -0.15) is 0 Å². The Morgan fingerprint density at radius 2 is 1.83 bits per heavy atom. The third-order valence-electron chi connectivity index (χ3n) is 8.15. The Morgan fingerprint density at radius 1 is 1.17 bits per heavy atom. The molecule has 192 valence electrons. The van der Waals surface area contributed by atoms with E-state index in [4.69, 9.17) is 10.5 Å². The number of carbonyl (C=O) groups excluding carboxylic acids is 3. The van der Waals surface area contributed by atoms with Crippen LogP contribution in [-0.2, 0) is 25.5 Å². The number of phenolic OH excluding ortho intramolecular Hbond substituents is 1. The fourth-order valence-electron chi connectivity index (χ4n) is 6.49. The van der Waals surface area contributed by atoms with Crippen molar-refractivity contribution in [2.45, 2.75) is 44.2 Å². The Morgan fingerprint density at radius 3 is 2.44 bits per heavy atom. The maximum Gasteiger partial charge on any atom is 0.255 e. The first-order chi connectivity index (χ1) is 17.0. The number of rotatable bonds is 3. The van der Waals surface area contributed by atoms with Crippen molar-refractivity contribution in [1.29, 1.82) is 0 Å². The smallest absolute Gasteiger partial charge is 0.255 e. The molecule has 0 radical (unpaired) electrons. The van der Waals surface area contributed by atoms with E-state index in [1.165, 1.54) is 6.07 Å². The Balaban J connectivity index is 1.72. The summed E-state index contributed by atoms with van der Waals surface area (Å²) in [6.07, 6.45) is 0.379. The first-order valence-electron chi connectivity index (χ1n) is 12.1. The van der Waals surface area contributed by atoms with Crippen LogP contribution in [0.2, 0.25) is 0 Å². The molecule has 6 N–H and O–H groups in total. The SMILES string of the molecule is CC(C)c1ccc(O)c2c1C[C@H]1C[C@H]3[C@@H](N4CCOCC4)C(=O)C(C(N)=O)=C(O)[C@@]3(O)C(=O)C1=C2O. The Kier molecular flexibility index (Phi) is 5.73. The van der Waals surface area contributed by atoms with E-state index in [1.807, 2.05) is 13.8 Å². The predicted octanol–water partition coefficient (Wildman–Crippen LogP) is 0.858. The van der Waals surface area contributed by atoms with Gasteiger partial charge in [0.25, 0.3) is 5.91 Å². The van der Waals surface area contributed by atoms with Crippen LogP contribution in [0.4, 0.5) is 0 Å². The minimum Gasteiger partial charge on any atom is -0.508 e. The van der Waals surface area contributed by atoms with E-state index in [2.05, 4.69) is 0 Å². The zero-order chi connectivity index (χ0) is 26.1. The molecule has 10 nitrogen and oxygen atoms in total. The number of carbonyl (C=O) groups is 3. The van der Waals surface area contributed by atoms with Crippen LogP contribution < -0.4 is 5.73 Å². The van der Waals surface area contributed by atoms with E-state index in [-0.39, 0.29) is 29.2 Å². The number of primary amides is 1. The van der Waals surface area contributed by atoms with E-state index in [9.17, 15) is 34.8 Å². The molecule has 1 saturated carbocycles. The van der Waals surface area contributed by atoms with Crippen molar-refractivity contribution in [3.05, 3.63) is 45.7 Å². The van der Waals surface area contributed by atoms with Crippen LogP contribution in [-0.4, -0.2) is 80.7 Å². The van der Waals surface area contributed by atoms with Crippen molar-refractivity contribution in [3.63, 3.8) is 0 Å². The number of fused-ring (bicyclic) bond motifs is 3. The van der Waals surface area contributed by atoms with Crippen molar-refractivity contribution in [1.82, 2.24) is 4.90 Å². The van der Waals surface area contributed by atoms with Crippen molar-refractivity contribution < 1.29 is 39.5 Å². The van der Waals surface area contributed by atoms with Gasteiger partial charge in [0.1, 0.15) is 22.8 Å². The Hall–Kier alpha value is -3.21. The lowest BCUT2D eigenvalue weighted by molar-refractivity contribution is -0.157. The van der Waals surface area contributed by atoms with E-state index < -0.39 is 58.0 Å². The normalized spacial score (nSPS) is 30.8. The Bertz CT molecular complexity index is 1240. The van der Waals surface area contributed by atoms with Gasteiger partial charge in [0.2, 0.25) is 5.78 Å². The maximum atomic E-state index is 13.9.